The van der Waals surface area contributed by atoms with Gasteiger partial charge in [0.25, 0.3) is 0 Å². The first-order valence-corrected chi connectivity index (χ1v) is 6.41. The molecule has 1 rings (SSSR count). The molecule has 1 saturated heterocycles. The van der Waals surface area contributed by atoms with Crippen molar-refractivity contribution in [3.8, 4) is 0 Å². The van der Waals surface area contributed by atoms with Gasteiger partial charge in [-0.25, -0.2) is 0 Å². The van der Waals surface area contributed by atoms with Gasteiger partial charge in [-0.2, -0.15) is 0 Å². The summed E-state index contributed by atoms with van der Waals surface area (Å²) in [6, 6.07) is 0. The van der Waals surface area contributed by atoms with Gasteiger partial charge >= 0.3 is 5.97 Å². The first kappa shape index (κ1) is 14.7. The Morgan fingerprint density at radius 1 is 1.22 bits per heavy atom. The van der Waals surface area contributed by atoms with E-state index in [1.807, 2.05) is 6.92 Å². The van der Waals surface area contributed by atoms with Crippen molar-refractivity contribution < 1.29 is 19.5 Å². The number of carbonyl (C=O) groups is 3. The molecule has 2 amide bonds. The van der Waals surface area contributed by atoms with Gasteiger partial charge in [0.2, 0.25) is 11.8 Å². The number of hydrogen-bond acceptors (Lipinski definition) is 3. The molecule has 1 heterocycles. The maximum Gasteiger partial charge on any atom is 0.303 e. The SMILES string of the molecule is CC(CCC(=O)O)CCN1C(=O)C(C)C(C)C1=O. The van der Waals surface area contributed by atoms with Crippen LogP contribution < -0.4 is 0 Å². The van der Waals surface area contributed by atoms with Crippen molar-refractivity contribution in [1.29, 1.82) is 0 Å². The number of carboxylic acids is 1. The minimum Gasteiger partial charge on any atom is -0.481 e. The highest BCUT2D eigenvalue weighted by Crippen LogP contribution is 2.26. The summed E-state index contributed by atoms with van der Waals surface area (Å²) >= 11 is 0. The van der Waals surface area contributed by atoms with Crippen LogP contribution in [0, 0.1) is 17.8 Å². The van der Waals surface area contributed by atoms with E-state index in [-0.39, 0.29) is 36.0 Å². The second-order valence-corrected chi connectivity index (χ2v) is 5.23. The molecule has 0 radical (unpaired) electrons. The fraction of sp³-hybridized carbons (Fsp3) is 0.769. The maximum absolute atomic E-state index is 11.8. The molecule has 0 aromatic rings. The summed E-state index contributed by atoms with van der Waals surface area (Å²) in [7, 11) is 0. The van der Waals surface area contributed by atoms with Gasteiger partial charge in [0, 0.05) is 24.8 Å². The van der Waals surface area contributed by atoms with E-state index in [1.165, 1.54) is 4.90 Å². The average Bonchev–Trinajstić information content (AvgIpc) is 2.49. The molecule has 1 fully saturated rings. The summed E-state index contributed by atoms with van der Waals surface area (Å²) in [6.07, 6.45) is 1.39. The topological polar surface area (TPSA) is 74.7 Å². The van der Waals surface area contributed by atoms with Gasteiger partial charge < -0.3 is 5.11 Å². The molecule has 0 bridgehead atoms. The van der Waals surface area contributed by atoms with E-state index in [0.29, 0.717) is 19.4 Å². The van der Waals surface area contributed by atoms with Crippen LogP contribution in [-0.4, -0.2) is 34.3 Å². The van der Waals surface area contributed by atoms with Crippen molar-refractivity contribution in [3.05, 3.63) is 0 Å². The van der Waals surface area contributed by atoms with Gasteiger partial charge in [0.15, 0.2) is 0 Å². The monoisotopic (exact) mass is 255 g/mol. The van der Waals surface area contributed by atoms with Crippen LogP contribution in [0.1, 0.15) is 40.0 Å². The van der Waals surface area contributed by atoms with E-state index in [9.17, 15) is 14.4 Å². The van der Waals surface area contributed by atoms with Gasteiger partial charge in [-0.1, -0.05) is 20.8 Å². The summed E-state index contributed by atoms with van der Waals surface area (Å²) in [5.41, 5.74) is 0. The van der Waals surface area contributed by atoms with Crippen LogP contribution in [0.5, 0.6) is 0 Å². The highest BCUT2D eigenvalue weighted by Gasteiger charge is 2.41. The minimum absolute atomic E-state index is 0.0991. The van der Waals surface area contributed by atoms with Crippen molar-refractivity contribution in [3.63, 3.8) is 0 Å². The molecule has 18 heavy (non-hydrogen) atoms. The fourth-order valence-electron chi connectivity index (χ4n) is 2.11. The summed E-state index contributed by atoms with van der Waals surface area (Å²) in [5.74, 6) is -1.26. The van der Waals surface area contributed by atoms with Crippen LogP contribution in [0.25, 0.3) is 0 Å². The molecule has 3 atom stereocenters. The third kappa shape index (κ3) is 3.31. The Morgan fingerprint density at radius 2 is 1.72 bits per heavy atom. The molecular weight excluding hydrogens is 234 g/mol. The van der Waals surface area contributed by atoms with Crippen LogP contribution in [-0.2, 0) is 14.4 Å². The zero-order valence-electron chi connectivity index (χ0n) is 11.2. The largest absolute Gasteiger partial charge is 0.481 e. The Morgan fingerprint density at radius 3 is 2.17 bits per heavy atom. The van der Waals surface area contributed by atoms with Crippen LogP contribution in [0.2, 0.25) is 0 Å². The van der Waals surface area contributed by atoms with Crippen LogP contribution >= 0.6 is 0 Å². The molecule has 1 N–H and O–H groups in total. The molecular formula is C13H21NO4. The number of carbonyl (C=O) groups excluding carboxylic acids is 2. The van der Waals surface area contributed by atoms with Crippen molar-refractivity contribution in [1.82, 2.24) is 4.90 Å². The lowest BCUT2D eigenvalue weighted by Crippen LogP contribution is -2.32. The Bertz CT molecular complexity index is 333. The molecule has 3 unspecified atom stereocenters. The molecule has 0 aromatic heterocycles. The number of imide groups is 1. The van der Waals surface area contributed by atoms with E-state index >= 15 is 0 Å². The molecule has 5 heteroatoms. The lowest BCUT2D eigenvalue weighted by molar-refractivity contribution is -0.140. The number of amides is 2. The highest BCUT2D eigenvalue weighted by atomic mass is 16.4. The second-order valence-electron chi connectivity index (χ2n) is 5.23. The van der Waals surface area contributed by atoms with E-state index in [4.69, 9.17) is 5.11 Å². The van der Waals surface area contributed by atoms with Crippen LogP contribution in [0.3, 0.4) is 0 Å². The Hall–Kier alpha value is -1.39. The van der Waals surface area contributed by atoms with Crippen molar-refractivity contribution in [2.75, 3.05) is 6.54 Å². The second kappa shape index (κ2) is 5.98. The predicted octanol–water partition coefficient (Wildman–Crippen LogP) is 1.52. The molecule has 102 valence electrons. The van der Waals surface area contributed by atoms with Crippen LogP contribution in [0.15, 0.2) is 0 Å². The summed E-state index contributed by atoms with van der Waals surface area (Å²) in [4.78, 5) is 35.4. The Labute approximate surface area is 107 Å². The Balaban J connectivity index is 2.42. The number of rotatable bonds is 6. The fourth-order valence-corrected chi connectivity index (χ4v) is 2.11. The number of likely N-dealkylation sites (tertiary alicyclic amines) is 1. The molecule has 0 aromatic carbocycles. The zero-order chi connectivity index (χ0) is 13.9. The summed E-state index contributed by atoms with van der Waals surface area (Å²) in [5, 5.41) is 8.58. The van der Waals surface area contributed by atoms with Crippen molar-refractivity contribution >= 4 is 17.8 Å². The van der Waals surface area contributed by atoms with E-state index in [0.717, 1.165) is 0 Å². The third-order valence-corrected chi connectivity index (χ3v) is 3.76. The van der Waals surface area contributed by atoms with Gasteiger partial charge in [0.1, 0.15) is 0 Å². The minimum atomic E-state index is -0.808. The summed E-state index contributed by atoms with van der Waals surface area (Å²) < 4.78 is 0. The van der Waals surface area contributed by atoms with E-state index in [2.05, 4.69) is 0 Å². The van der Waals surface area contributed by atoms with Crippen LogP contribution in [0.4, 0.5) is 0 Å². The van der Waals surface area contributed by atoms with Crippen molar-refractivity contribution in [2.45, 2.75) is 40.0 Å². The van der Waals surface area contributed by atoms with Gasteiger partial charge in [0.05, 0.1) is 0 Å². The van der Waals surface area contributed by atoms with Gasteiger partial charge in [-0.15, -0.1) is 0 Å². The molecule has 1 aliphatic rings. The maximum atomic E-state index is 11.8. The number of nitrogens with zero attached hydrogens (tertiary/aromatic N) is 1. The zero-order valence-corrected chi connectivity index (χ0v) is 11.2. The average molecular weight is 255 g/mol. The lowest BCUT2D eigenvalue weighted by atomic mass is 10.00. The Kier molecular flexibility index (Phi) is 4.87. The molecule has 0 aliphatic carbocycles. The number of carboxylic acid groups (broad SMARTS) is 1. The van der Waals surface area contributed by atoms with Gasteiger partial charge in [-0.05, 0) is 18.8 Å². The molecule has 5 nitrogen and oxygen atoms in total. The third-order valence-electron chi connectivity index (χ3n) is 3.76. The first-order chi connectivity index (χ1) is 8.34. The standard InChI is InChI=1S/C13H21NO4/c1-8(4-5-11(15)16)6-7-14-12(17)9(2)10(3)13(14)18/h8-10H,4-7H2,1-3H3,(H,15,16). The summed E-state index contributed by atoms with van der Waals surface area (Å²) in [6.45, 7) is 5.91. The smallest absolute Gasteiger partial charge is 0.303 e. The quantitative estimate of drug-likeness (QED) is 0.730. The predicted molar refractivity (Wildman–Crippen MR) is 65.7 cm³/mol. The highest BCUT2D eigenvalue weighted by molar-refractivity contribution is 6.04. The first-order valence-electron chi connectivity index (χ1n) is 6.41. The molecule has 1 aliphatic heterocycles. The van der Waals surface area contributed by atoms with Crippen molar-refractivity contribution in [2.24, 2.45) is 17.8 Å². The van der Waals surface area contributed by atoms with Gasteiger partial charge in [-0.3, -0.25) is 19.3 Å². The molecule has 0 spiro atoms. The number of aliphatic carboxylic acids is 1. The van der Waals surface area contributed by atoms with E-state index < -0.39 is 5.97 Å². The molecule has 0 saturated carbocycles. The normalized spacial score (nSPS) is 25.6. The lowest BCUT2D eigenvalue weighted by Gasteiger charge is -2.17. The van der Waals surface area contributed by atoms with E-state index in [1.54, 1.807) is 13.8 Å². The number of hydrogen-bond donors (Lipinski definition) is 1.